The molecule has 0 fully saturated rings. The summed E-state index contributed by atoms with van der Waals surface area (Å²) in [5.41, 5.74) is -0.697. The number of phenols is 2. The average Bonchev–Trinajstić information content (AvgIpc) is 2.44. The third kappa shape index (κ3) is 4.29. The molecule has 0 atom stereocenters. The van der Waals surface area contributed by atoms with Crippen LogP contribution in [-0.4, -0.2) is 16.1 Å². The summed E-state index contributed by atoms with van der Waals surface area (Å²) in [7, 11) is 0. The van der Waals surface area contributed by atoms with E-state index in [0.29, 0.717) is 5.56 Å². The molecule has 0 aromatic heterocycles. The molecule has 0 spiro atoms. The van der Waals surface area contributed by atoms with E-state index in [1.807, 2.05) is 0 Å². The molecule has 2 rings (SSSR count). The molecule has 0 saturated heterocycles. The molecular weight excluding hydrogens is 335 g/mol. The number of hydrogen-bond acceptors (Lipinski definition) is 3. The number of benzene rings is 2. The summed E-state index contributed by atoms with van der Waals surface area (Å²) in [5.74, 6) is -1.30. The Hall–Kier alpha value is -2.41. The first-order valence-corrected chi connectivity index (χ1v) is 6.72. The molecular formula is C15H11ClF3NO3. The van der Waals surface area contributed by atoms with Crippen molar-refractivity contribution in [2.75, 3.05) is 5.32 Å². The number of alkyl halides is 3. The first kappa shape index (κ1) is 17.0. The van der Waals surface area contributed by atoms with Crippen LogP contribution < -0.4 is 5.32 Å². The highest BCUT2D eigenvalue weighted by atomic mass is 35.5. The Morgan fingerprint density at radius 3 is 2.39 bits per heavy atom. The Kier molecular flexibility index (Phi) is 4.70. The number of nitrogens with one attached hydrogen (secondary N) is 1. The van der Waals surface area contributed by atoms with Gasteiger partial charge < -0.3 is 15.5 Å². The molecule has 0 aliphatic carbocycles. The fourth-order valence-corrected chi connectivity index (χ4v) is 2.11. The molecule has 23 heavy (non-hydrogen) atoms. The molecule has 0 heterocycles. The van der Waals surface area contributed by atoms with Crippen LogP contribution in [0.4, 0.5) is 18.9 Å². The zero-order valence-corrected chi connectivity index (χ0v) is 12.2. The van der Waals surface area contributed by atoms with E-state index in [1.54, 1.807) is 0 Å². The van der Waals surface area contributed by atoms with Gasteiger partial charge in [-0.15, -0.1) is 0 Å². The van der Waals surface area contributed by atoms with Crippen molar-refractivity contribution in [1.82, 2.24) is 0 Å². The van der Waals surface area contributed by atoms with E-state index in [9.17, 15) is 28.2 Å². The highest BCUT2D eigenvalue weighted by Gasteiger charge is 2.33. The average molecular weight is 346 g/mol. The number of aromatic hydroxyl groups is 2. The Bertz CT molecular complexity index is 747. The van der Waals surface area contributed by atoms with Crippen LogP contribution >= 0.6 is 11.6 Å². The van der Waals surface area contributed by atoms with Gasteiger partial charge >= 0.3 is 6.18 Å². The van der Waals surface area contributed by atoms with Crippen LogP contribution in [0.2, 0.25) is 5.02 Å². The molecule has 122 valence electrons. The van der Waals surface area contributed by atoms with Crippen molar-refractivity contribution in [3.63, 3.8) is 0 Å². The van der Waals surface area contributed by atoms with Gasteiger partial charge in [0.05, 0.1) is 17.0 Å². The van der Waals surface area contributed by atoms with Crippen LogP contribution in [0.25, 0.3) is 0 Å². The second-order valence-corrected chi connectivity index (χ2v) is 5.15. The van der Waals surface area contributed by atoms with Crippen molar-refractivity contribution in [3.8, 4) is 11.5 Å². The van der Waals surface area contributed by atoms with Gasteiger partial charge in [-0.25, -0.2) is 0 Å². The van der Waals surface area contributed by atoms with E-state index in [1.165, 1.54) is 24.3 Å². The van der Waals surface area contributed by atoms with Gasteiger partial charge in [-0.2, -0.15) is 13.2 Å². The molecule has 0 bridgehead atoms. The zero-order chi connectivity index (χ0) is 17.2. The number of phenolic OH excluding ortho intramolecular Hbond substituents is 2. The molecule has 2 aromatic carbocycles. The van der Waals surface area contributed by atoms with Crippen LogP contribution in [0, 0.1) is 0 Å². The van der Waals surface area contributed by atoms with E-state index in [0.717, 1.165) is 12.1 Å². The van der Waals surface area contributed by atoms with Crippen molar-refractivity contribution >= 4 is 23.2 Å². The quantitative estimate of drug-likeness (QED) is 0.738. The molecule has 3 N–H and O–H groups in total. The lowest BCUT2D eigenvalue weighted by molar-refractivity contribution is -0.137. The molecule has 4 nitrogen and oxygen atoms in total. The van der Waals surface area contributed by atoms with Crippen LogP contribution in [0.3, 0.4) is 0 Å². The number of carbonyl (C=O) groups is 1. The lowest BCUT2D eigenvalue weighted by Gasteiger charge is -2.12. The maximum absolute atomic E-state index is 12.7. The minimum Gasteiger partial charge on any atom is -0.504 e. The molecule has 1 amide bonds. The highest BCUT2D eigenvalue weighted by molar-refractivity contribution is 6.31. The largest absolute Gasteiger partial charge is 0.504 e. The van der Waals surface area contributed by atoms with Gasteiger partial charge in [-0.3, -0.25) is 4.79 Å². The van der Waals surface area contributed by atoms with Crippen molar-refractivity contribution in [2.24, 2.45) is 0 Å². The van der Waals surface area contributed by atoms with E-state index >= 15 is 0 Å². The molecule has 2 aromatic rings. The van der Waals surface area contributed by atoms with Gasteiger partial charge in [0.1, 0.15) is 0 Å². The summed E-state index contributed by atoms with van der Waals surface area (Å²) in [4.78, 5) is 11.9. The predicted octanol–water partition coefficient (Wildman–Crippen LogP) is 3.95. The third-order valence-electron chi connectivity index (χ3n) is 2.96. The SMILES string of the molecule is O=C(Cc1ccc(O)c(O)c1)Nc1ccc(Cl)c(C(F)(F)F)c1. The van der Waals surface area contributed by atoms with Gasteiger partial charge in [-0.05, 0) is 35.9 Å². The number of anilines is 1. The number of carbonyl (C=O) groups excluding carboxylic acids is 1. The topological polar surface area (TPSA) is 69.6 Å². The normalized spacial score (nSPS) is 11.3. The van der Waals surface area contributed by atoms with E-state index in [4.69, 9.17) is 11.6 Å². The van der Waals surface area contributed by atoms with E-state index < -0.39 is 22.7 Å². The Morgan fingerprint density at radius 1 is 1.09 bits per heavy atom. The Labute approximate surface area is 134 Å². The van der Waals surface area contributed by atoms with Gasteiger partial charge in [0.15, 0.2) is 11.5 Å². The van der Waals surface area contributed by atoms with E-state index in [2.05, 4.69) is 5.32 Å². The second-order valence-electron chi connectivity index (χ2n) is 4.74. The first-order valence-electron chi connectivity index (χ1n) is 6.34. The zero-order valence-electron chi connectivity index (χ0n) is 11.5. The van der Waals surface area contributed by atoms with Crippen molar-refractivity contribution in [3.05, 3.63) is 52.5 Å². The number of hydrogen-bond donors (Lipinski definition) is 3. The summed E-state index contributed by atoms with van der Waals surface area (Å²) in [6.07, 6.45) is -4.81. The molecule has 0 aliphatic rings. The second kappa shape index (κ2) is 6.37. The molecule has 0 saturated carbocycles. The van der Waals surface area contributed by atoms with Crippen LogP contribution in [0.1, 0.15) is 11.1 Å². The third-order valence-corrected chi connectivity index (χ3v) is 3.29. The molecule has 0 aliphatic heterocycles. The maximum atomic E-state index is 12.7. The minimum atomic E-state index is -4.62. The van der Waals surface area contributed by atoms with Gasteiger partial charge in [-0.1, -0.05) is 17.7 Å². The van der Waals surface area contributed by atoms with Crippen LogP contribution in [0.15, 0.2) is 36.4 Å². The molecule has 8 heteroatoms. The number of halogens is 4. The Morgan fingerprint density at radius 2 is 1.78 bits per heavy atom. The summed E-state index contributed by atoms with van der Waals surface area (Å²) in [6.45, 7) is 0. The van der Waals surface area contributed by atoms with Crippen molar-refractivity contribution in [2.45, 2.75) is 12.6 Å². The lowest BCUT2D eigenvalue weighted by atomic mass is 10.1. The summed E-state index contributed by atoms with van der Waals surface area (Å²) < 4.78 is 38.2. The Balaban J connectivity index is 2.12. The molecule has 0 unspecified atom stereocenters. The van der Waals surface area contributed by atoms with E-state index in [-0.39, 0.29) is 23.6 Å². The summed E-state index contributed by atoms with van der Waals surface area (Å²) in [5, 5.41) is 20.4. The standard InChI is InChI=1S/C15H11ClF3NO3/c16-11-3-2-9(7-10(11)15(17,18)19)20-14(23)6-8-1-4-12(21)13(22)5-8/h1-5,7,21-22H,6H2,(H,20,23). The first-order chi connectivity index (χ1) is 10.7. The molecule has 0 radical (unpaired) electrons. The highest BCUT2D eigenvalue weighted by Crippen LogP contribution is 2.36. The van der Waals surface area contributed by atoms with Gasteiger partial charge in [0.2, 0.25) is 5.91 Å². The fraction of sp³-hybridized carbons (Fsp3) is 0.133. The van der Waals surface area contributed by atoms with Crippen molar-refractivity contribution < 1.29 is 28.2 Å². The maximum Gasteiger partial charge on any atom is 0.417 e. The smallest absolute Gasteiger partial charge is 0.417 e. The monoisotopic (exact) mass is 345 g/mol. The summed E-state index contributed by atoms with van der Waals surface area (Å²) in [6, 6.07) is 6.86. The number of rotatable bonds is 3. The lowest BCUT2D eigenvalue weighted by Crippen LogP contribution is -2.15. The van der Waals surface area contributed by atoms with Crippen LogP contribution in [-0.2, 0) is 17.4 Å². The van der Waals surface area contributed by atoms with Gasteiger partial charge in [0.25, 0.3) is 0 Å². The minimum absolute atomic E-state index is 0.0466. The predicted molar refractivity (Wildman–Crippen MR) is 78.6 cm³/mol. The number of amides is 1. The van der Waals surface area contributed by atoms with Gasteiger partial charge in [0, 0.05) is 5.69 Å². The summed E-state index contributed by atoms with van der Waals surface area (Å²) >= 11 is 5.50. The fourth-order valence-electron chi connectivity index (χ4n) is 1.89. The van der Waals surface area contributed by atoms with Crippen LogP contribution in [0.5, 0.6) is 11.5 Å². The van der Waals surface area contributed by atoms with Crippen molar-refractivity contribution in [1.29, 1.82) is 0 Å².